The van der Waals surface area contributed by atoms with Gasteiger partial charge in [0.15, 0.2) is 11.2 Å². The van der Waals surface area contributed by atoms with Gasteiger partial charge in [-0.05, 0) is 43.4 Å². The number of hydrogen-bond acceptors (Lipinski definition) is 4. The molecule has 0 amide bonds. The second-order valence-corrected chi connectivity index (χ2v) is 8.67. The van der Waals surface area contributed by atoms with Gasteiger partial charge < -0.3 is 9.47 Å². The number of nitrogens with zero attached hydrogens (tertiary/aromatic N) is 5. The third kappa shape index (κ3) is 3.52. The minimum atomic E-state index is -0.394. The van der Waals surface area contributed by atoms with Gasteiger partial charge in [0, 0.05) is 25.8 Å². The summed E-state index contributed by atoms with van der Waals surface area (Å²) in [5, 5.41) is 0. The quantitative estimate of drug-likeness (QED) is 0.568. The van der Waals surface area contributed by atoms with Crippen molar-refractivity contribution in [2.45, 2.75) is 52.6 Å². The van der Waals surface area contributed by atoms with Crippen molar-refractivity contribution in [3.8, 4) is 0 Å². The lowest BCUT2D eigenvalue weighted by atomic mass is 10.1. The van der Waals surface area contributed by atoms with Crippen LogP contribution in [0.3, 0.4) is 0 Å². The summed E-state index contributed by atoms with van der Waals surface area (Å²) in [6.07, 6.45) is 5.04. The van der Waals surface area contributed by atoms with E-state index in [-0.39, 0.29) is 11.2 Å². The van der Waals surface area contributed by atoms with Crippen LogP contribution in [0.1, 0.15) is 45.2 Å². The summed E-state index contributed by atoms with van der Waals surface area (Å²) in [5.41, 5.74) is 2.59. The Morgan fingerprint density at radius 3 is 2.58 bits per heavy atom. The van der Waals surface area contributed by atoms with E-state index < -0.39 is 6.04 Å². The molecule has 0 saturated heterocycles. The average molecular weight is 422 g/mol. The fraction of sp³-hybridized carbons (Fsp3) is 0.458. The molecule has 0 spiro atoms. The highest BCUT2D eigenvalue weighted by molar-refractivity contribution is 5.77. The Bertz CT molecular complexity index is 1230. The number of aryl methyl sites for hydroxylation is 2. The van der Waals surface area contributed by atoms with E-state index in [1.807, 2.05) is 4.57 Å². The molecule has 4 rings (SSSR count). The van der Waals surface area contributed by atoms with E-state index in [0.717, 1.165) is 18.7 Å². The van der Waals surface area contributed by atoms with Crippen molar-refractivity contribution in [1.82, 2.24) is 18.7 Å². The van der Waals surface area contributed by atoms with Gasteiger partial charge in [-0.25, -0.2) is 4.79 Å². The maximum Gasteiger partial charge on any atom is 0.333 e. The van der Waals surface area contributed by atoms with E-state index in [1.165, 1.54) is 27.5 Å². The van der Waals surface area contributed by atoms with Crippen LogP contribution in [-0.4, -0.2) is 25.2 Å². The molecule has 7 heteroatoms. The zero-order valence-electron chi connectivity index (χ0n) is 18.8. The van der Waals surface area contributed by atoms with Gasteiger partial charge in [-0.3, -0.25) is 13.9 Å². The molecule has 0 unspecified atom stereocenters. The van der Waals surface area contributed by atoms with Crippen LogP contribution in [0.4, 0.5) is 11.6 Å². The lowest BCUT2D eigenvalue weighted by Gasteiger charge is -2.33. The van der Waals surface area contributed by atoms with Crippen LogP contribution < -0.4 is 16.1 Å². The lowest BCUT2D eigenvalue weighted by Crippen LogP contribution is -2.41. The first-order valence-corrected chi connectivity index (χ1v) is 11.1. The monoisotopic (exact) mass is 421 g/mol. The van der Waals surface area contributed by atoms with Crippen LogP contribution in [0.5, 0.6) is 0 Å². The summed E-state index contributed by atoms with van der Waals surface area (Å²) < 4.78 is 4.71. The fourth-order valence-corrected chi connectivity index (χ4v) is 4.38. The molecule has 0 fully saturated rings. The maximum absolute atomic E-state index is 13.4. The molecule has 1 aliphatic rings. The molecule has 0 aliphatic carbocycles. The highest BCUT2D eigenvalue weighted by Crippen LogP contribution is 2.33. The molecule has 0 N–H and O–H groups in total. The van der Waals surface area contributed by atoms with E-state index in [0.29, 0.717) is 29.6 Å². The smallest absolute Gasteiger partial charge is 0.312 e. The summed E-state index contributed by atoms with van der Waals surface area (Å²) >= 11 is 0. The number of rotatable bonds is 6. The SMILES string of the molecule is C=C[C@H](C)n1c(=O)c2c(nc3n2C[C@@H](C)CN3c2ccc(CCCC)cc2)n(C)c1=O. The van der Waals surface area contributed by atoms with Gasteiger partial charge in [-0.15, -0.1) is 6.58 Å². The van der Waals surface area contributed by atoms with Crippen LogP contribution in [0.2, 0.25) is 0 Å². The topological polar surface area (TPSA) is 65.1 Å². The van der Waals surface area contributed by atoms with Crippen LogP contribution in [0, 0.1) is 5.92 Å². The minimum absolute atomic E-state index is 0.312. The van der Waals surface area contributed by atoms with E-state index >= 15 is 0 Å². The first-order valence-electron chi connectivity index (χ1n) is 11.1. The van der Waals surface area contributed by atoms with E-state index in [9.17, 15) is 9.59 Å². The van der Waals surface area contributed by atoms with E-state index in [1.54, 1.807) is 20.0 Å². The van der Waals surface area contributed by atoms with Gasteiger partial charge >= 0.3 is 5.69 Å². The second-order valence-electron chi connectivity index (χ2n) is 8.67. The third-order valence-electron chi connectivity index (χ3n) is 6.21. The molecule has 3 aromatic rings. The number of anilines is 2. The largest absolute Gasteiger partial charge is 0.333 e. The summed E-state index contributed by atoms with van der Waals surface area (Å²) in [6, 6.07) is 8.21. The van der Waals surface area contributed by atoms with Crippen molar-refractivity contribution >= 4 is 22.8 Å². The molecule has 1 aliphatic heterocycles. The predicted molar refractivity (Wildman–Crippen MR) is 125 cm³/mol. The Morgan fingerprint density at radius 2 is 1.94 bits per heavy atom. The zero-order valence-corrected chi connectivity index (χ0v) is 18.8. The number of fused-ring (bicyclic) bond motifs is 3. The number of allylic oxidation sites excluding steroid dienone is 1. The zero-order chi connectivity index (χ0) is 22.3. The normalized spacial score (nSPS) is 17.0. The first kappa shape index (κ1) is 21.2. The number of benzene rings is 1. The average Bonchev–Trinajstić information content (AvgIpc) is 3.15. The summed E-state index contributed by atoms with van der Waals surface area (Å²) in [7, 11) is 1.67. The Hall–Kier alpha value is -3.09. The van der Waals surface area contributed by atoms with Crippen molar-refractivity contribution in [1.29, 1.82) is 0 Å². The summed E-state index contributed by atoms with van der Waals surface area (Å²) in [5.74, 6) is 1.04. The van der Waals surface area contributed by atoms with Crippen LogP contribution in [0.15, 0.2) is 46.5 Å². The van der Waals surface area contributed by atoms with Crippen molar-refractivity contribution in [3.05, 3.63) is 63.3 Å². The number of imidazole rings is 1. The second kappa shape index (κ2) is 8.21. The Balaban J connectivity index is 1.88. The van der Waals surface area contributed by atoms with Crippen LogP contribution >= 0.6 is 0 Å². The molecule has 31 heavy (non-hydrogen) atoms. The molecule has 0 saturated carbocycles. The molecule has 2 atom stereocenters. The first-order chi connectivity index (χ1) is 14.9. The predicted octanol–water partition coefficient (Wildman–Crippen LogP) is 3.77. The molecule has 1 aromatic carbocycles. The Kier molecular flexibility index (Phi) is 5.60. The Morgan fingerprint density at radius 1 is 1.23 bits per heavy atom. The van der Waals surface area contributed by atoms with Gasteiger partial charge in [0.2, 0.25) is 5.95 Å². The minimum Gasteiger partial charge on any atom is -0.312 e. The van der Waals surface area contributed by atoms with E-state index in [2.05, 4.69) is 49.6 Å². The van der Waals surface area contributed by atoms with Gasteiger partial charge in [0.05, 0.1) is 6.04 Å². The highest BCUT2D eigenvalue weighted by atomic mass is 16.2. The molecule has 164 valence electrons. The number of aromatic nitrogens is 4. The van der Waals surface area contributed by atoms with E-state index in [4.69, 9.17) is 4.98 Å². The summed E-state index contributed by atoms with van der Waals surface area (Å²) in [4.78, 5) is 33.2. The highest BCUT2D eigenvalue weighted by Gasteiger charge is 2.30. The molecular formula is C24H31N5O2. The van der Waals surface area contributed by atoms with Crippen LogP contribution in [0.25, 0.3) is 11.2 Å². The lowest BCUT2D eigenvalue weighted by molar-refractivity contribution is 0.457. The maximum atomic E-state index is 13.4. The standard InChI is InChI=1S/C24H31N5O2/c1-6-8-9-18-10-12-19(13-11-18)27-14-16(3)15-28-20-21(25-23(27)28)26(5)24(31)29(22(20)30)17(4)7-2/h7,10-13,16-17H,2,6,8-9,14-15H2,1,3-5H3/t16-,17-/m0/s1. The van der Waals surface area contributed by atoms with Gasteiger partial charge in [0.1, 0.15) is 0 Å². The van der Waals surface area contributed by atoms with Crippen molar-refractivity contribution in [2.75, 3.05) is 11.4 Å². The van der Waals surface area contributed by atoms with Crippen molar-refractivity contribution < 1.29 is 0 Å². The molecule has 0 bridgehead atoms. The number of unbranched alkanes of at least 4 members (excludes halogenated alkanes) is 1. The van der Waals surface area contributed by atoms with Crippen molar-refractivity contribution in [2.24, 2.45) is 13.0 Å². The van der Waals surface area contributed by atoms with Crippen molar-refractivity contribution in [3.63, 3.8) is 0 Å². The number of hydrogen-bond donors (Lipinski definition) is 0. The van der Waals surface area contributed by atoms with Gasteiger partial charge in [0.25, 0.3) is 5.56 Å². The molecule has 3 heterocycles. The van der Waals surface area contributed by atoms with Gasteiger partial charge in [-0.1, -0.05) is 38.5 Å². The molecular weight excluding hydrogens is 390 g/mol. The Labute approximate surface area is 182 Å². The molecule has 2 aromatic heterocycles. The molecule has 0 radical (unpaired) electrons. The van der Waals surface area contributed by atoms with Gasteiger partial charge in [-0.2, -0.15) is 4.98 Å². The van der Waals surface area contributed by atoms with Crippen LogP contribution in [-0.2, 0) is 20.0 Å². The summed E-state index contributed by atoms with van der Waals surface area (Å²) in [6.45, 7) is 11.4. The fourth-order valence-electron chi connectivity index (χ4n) is 4.38. The third-order valence-corrected chi connectivity index (χ3v) is 6.21. The molecule has 7 nitrogen and oxygen atoms in total.